The van der Waals surface area contributed by atoms with Crippen molar-refractivity contribution >= 4 is 75.6 Å². The summed E-state index contributed by atoms with van der Waals surface area (Å²) >= 11 is 0. The Morgan fingerprint density at radius 3 is 1.90 bits per heavy atom. The van der Waals surface area contributed by atoms with Crippen molar-refractivity contribution in [3.63, 3.8) is 0 Å². The summed E-state index contributed by atoms with van der Waals surface area (Å²) in [6, 6.07) is 69.8. The SMILES string of the molecule is C1=CCC(n2c3ccccc3c3c(S(c4ccccc4)(c4ccccc4)c4cccc(-n5c6ccccc6c6ccc7c8ccccc8oc7c65)c4)cccc32)C=C1. The van der Waals surface area contributed by atoms with E-state index in [9.17, 15) is 0 Å². The number of allylic oxidation sites excluding steroid dienone is 4. The highest BCUT2D eigenvalue weighted by molar-refractivity contribution is 8.34. The van der Waals surface area contributed by atoms with Gasteiger partial charge in [0.15, 0.2) is 5.58 Å². The molecule has 0 N–H and O–H groups in total. The molecule has 8 aromatic carbocycles. The minimum atomic E-state index is -2.11. The van der Waals surface area contributed by atoms with Crippen LogP contribution in [0.4, 0.5) is 0 Å². The Morgan fingerprint density at radius 1 is 0.483 bits per heavy atom. The molecule has 0 radical (unpaired) electrons. The number of furan rings is 1. The van der Waals surface area contributed by atoms with Gasteiger partial charge in [-0.1, -0.05) is 133 Å². The molecule has 1 unspecified atom stereocenters. The second-order valence-electron chi connectivity index (χ2n) is 15.2. The van der Waals surface area contributed by atoms with E-state index in [2.05, 4.69) is 221 Å². The summed E-state index contributed by atoms with van der Waals surface area (Å²) in [5, 5.41) is 7.25. The first-order chi connectivity index (χ1) is 28.8. The smallest absolute Gasteiger partial charge is 0.160 e. The lowest BCUT2D eigenvalue weighted by Crippen LogP contribution is -2.08. The third-order valence-corrected chi connectivity index (χ3v) is 16.0. The minimum absolute atomic E-state index is 0.231. The first kappa shape index (κ1) is 33.2. The van der Waals surface area contributed by atoms with Gasteiger partial charge in [-0.15, -0.1) is 10.0 Å². The van der Waals surface area contributed by atoms with Gasteiger partial charge in [-0.2, -0.15) is 0 Å². The number of hydrogen-bond donors (Lipinski definition) is 0. The van der Waals surface area contributed by atoms with Crippen LogP contribution in [0.2, 0.25) is 0 Å². The van der Waals surface area contributed by atoms with Gasteiger partial charge in [0, 0.05) is 63.1 Å². The molecule has 0 bridgehead atoms. The fourth-order valence-electron chi connectivity index (χ4n) is 9.74. The number of rotatable bonds is 6. The summed E-state index contributed by atoms with van der Waals surface area (Å²) < 4.78 is 11.8. The fraction of sp³-hybridized carbons (Fsp3) is 0.0370. The Balaban J connectivity index is 1.22. The Bertz CT molecular complexity index is 3400. The summed E-state index contributed by atoms with van der Waals surface area (Å²) in [6.45, 7) is 0. The molecule has 12 rings (SSSR count). The molecular weight excluding hydrogens is 725 g/mol. The van der Waals surface area contributed by atoms with Crippen molar-refractivity contribution in [2.24, 2.45) is 0 Å². The van der Waals surface area contributed by atoms with Crippen LogP contribution in [0.15, 0.2) is 236 Å². The standard InChI is InChI=1S/C54H38N2OS/c1-4-18-37(19-5-1)55-48-30-14-11-28-46(48)52-49(55)31-17-33-51(52)58(39-21-6-2-7-22-39,40-23-8-3-9-24-40)41-25-16-20-38(36-41)56-47-29-13-10-26-42(47)44-34-35-45-43-27-12-15-32-50(43)57-54(45)53(44)56/h1-18,20-37H,19H2. The van der Waals surface area contributed by atoms with Gasteiger partial charge < -0.3 is 13.6 Å². The van der Waals surface area contributed by atoms with Gasteiger partial charge in [0.05, 0.1) is 22.6 Å². The van der Waals surface area contributed by atoms with Crippen LogP contribution in [0.25, 0.3) is 71.2 Å². The normalized spacial score (nSPS) is 14.8. The van der Waals surface area contributed by atoms with E-state index in [1.54, 1.807) is 0 Å². The Kier molecular flexibility index (Phi) is 7.44. The third-order valence-electron chi connectivity index (χ3n) is 12.1. The Morgan fingerprint density at radius 2 is 1.12 bits per heavy atom. The molecule has 0 aliphatic heterocycles. The quantitative estimate of drug-likeness (QED) is 0.165. The molecule has 0 fully saturated rings. The lowest BCUT2D eigenvalue weighted by Gasteiger charge is -2.42. The molecule has 3 aromatic heterocycles. The van der Waals surface area contributed by atoms with E-state index in [-0.39, 0.29) is 6.04 Å². The van der Waals surface area contributed by atoms with Crippen molar-refractivity contribution in [3.05, 3.63) is 212 Å². The molecule has 0 spiro atoms. The lowest BCUT2D eigenvalue weighted by atomic mass is 10.1. The van der Waals surface area contributed by atoms with Crippen LogP contribution < -0.4 is 0 Å². The second-order valence-corrected chi connectivity index (χ2v) is 18.3. The molecule has 11 aromatic rings. The highest BCUT2D eigenvalue weighted by Gasteiger charge is 2.36. The van der Waals surface area contributed by atoms with Gasteiger partial charge in [0.2, 0.25) is 0 Å². The molecular formula is C54H38N2OS. The molecule has 3 heterocycles. The highest BCUT2D eigenvalue weighted by Crippen LogP contribution is 2.75. The minimum Gasteiger partial charge on any atom is -0.454 e. The molecule has 3 nitrogen and oxygen atoms in total. The number of aromatic nitrogens is 2. The van der Waals surface area contributed by atoms with E-state index in [1.165, 1.54) is 52.2 Å². The maximum atomic E-state index is 6.78. The first-order valence-electron chi connectivity index (χ1n) is 20.0. The largest absolute Gasteiger partial charge is 0.454 e. The molecule has 4 heteroatoms. The zero-order valence-corrected chi connectivity index (χ0v) is 32.5. The van der Waals surface area contributed by atoms with Gasteiger partial charge in [-0.05, 0) is 85.3 Å². The maximum absolute atomic E-state index is 6.78. The summed E-state index contributed by atoms with van der Waals surface area (Å²) in [6.07, 6.45) is 9.96. The number of hydrogen-bond acceptors (Lipinski definition) is 1. The van der Waals surface area contributed by atoms with Crippen molar-refractivity contribution < 1.29 is 4.42 Å². The van der Waals surface area contributed by atoms with E-state index >= 15 is 0 Å². The summed E-state index contributed by atoms with van der Waals surface area (Å²) in [5.41, 5.74) is 7.69. The van der Waals surface area contributed by atoms with Gasteiger partial charge in [0.1, 0.15) is 5.58 Å². The zero-order chi connectivity index (χ0) is 38.2. The van der Waals surface area contributed by atoms with Crippen LogP contribution in [-0.2, 0) is 0 Å². The first-order valence-corrected chi connectivity index (χ1v) is 21.7. The predicted molar refractivity (Wildman–Crippen MR) is 243 cm³/mol. The van der Waals surface area contributed by atoms with E-state index in [4.69, 9.17) is 4.42 Å². The summed E-state index contributed by atoms with van der Waals surface area (Å²) in [5.74, 6) is 0. The van der Waals surface area contributed by atoms with Crippen LogP contribution in [-0.4, -0.2) is 9.13 Å². The average molecular weight is 763 g/mol. The molecule has 0 saturated heterocycles. The molecule has 58 heavy (non-hydrogen) atoms. The monoisotopic (exact) mass is 762 g/mol. The van der Waals surface area contributed by atoms with E-state index in [0.29, 0.717) is 0 Å². The topological polar surface area (TPSA) is 23.0 Å². The number of fused-ring (bicyclic) bond motifs is 10. The summed E-state index contributed by atoms with van der Waals surface area (Å²) in [7, 11) is -2.11. The van der Waals surface area contributed by atoms with Crippen LogP contribution in [0.5, 0.6) is 0 Å². The van der Waals surface area contributed by atoms with E-state index in [0.717, 1.165) is 45.1 Å². The average Bonchev–Trinajstić information content (AvgIpc) is 3.96. The van der Waals surface area contributed by atoms with Gasteiger partial charge in [-0.3, -0.25) is 0 Å². The molecule has 0 saturated carbocycles. The van der Waals surface area contributed by atoms with Gasteiger partial charge in [-0.25, -0.2) is 0 Å². The molecule has 0 amide bonds. The lowest BCUT2D eigenvalue weighted by molar-refractivity contribution is 0.648. The van der Waals surface area contributed by atoms with Gasteiger partial charge in [0.25, 0.3) is 0 Å². The molecule has 1 atom stereocenters. The number of benzene rings is 8. The number of para-hydroxylation sites is 3. The van der Waals surface area contributed by atoms with Crippen LogP contribution in [0.1, 0.15) is 12.5 Å². The van der Waals surface area contributed by atoms with E-state index < -0.39 is 10.0 Å². The van der Waals surface area contributed by atoms with Crippen molar-refractivity contribution in [1.29, 1.82) is 0 Å². The van der Waals surface area contributed by atoms with Crippen LogP contribution >= 0.6 is 10.0 Å². The molecule has 276 valence electrons. The zero-order valence-electron chi connectivity index (χ0n) is 31.7. The van der Waals surface area contributed by atoms with Crippen molar-refractivity contribution in [2.75, 3.05) is 0 Å². The van der Waals surface area contributed by atoms with Crippen molar-refractivity contribution in [3.8, 4) is 5.69 Å². The fourth-order valence-corrected chi connectivity index (χ4v) is 13.8. The highest BCUT2D eigenvalue weighted by atomic mass is 32.3. The second kappa shape index (κ2) is 13.0. The third kappa shape index (κ3) is 4.70. The van der Waals surface area contributed by atoms with E-state index in [1.807, 2.05) is 0 Å². The van der Waals surface area contributed by atoms with Crippen LogP contribution in [0.3, 0.4) is 0 Å². The van der Waals surface area contributed by atoms with Gasteiger partial charge >= 0.3 is 0 Å². The predicted octanol–water partition coefficient (Wildman–Crippen LogP) is 15.2. The Hall–Kier alpha value is -7.01. The number of nitrogens with zero attached hydrogens (tertiary/aromatic N) is 2. The van der Waals surface area contributed by atoms with Crippen molar-refractivity contribution in [1.82, 2.24) is 9.13 Å². The van der Waals surface area contributed by atoms with Crippen LogP contribution in [0, 0.1) is 0 Å². The molecule has 1 aliphatic rings. The maximum Gasteiger partial charge on any atom is 0.160 e. The summed E-state index contributed by atoms with van der Waals surface area (Å²) in [4.78, 5) is 5.21. The van der Waals surface area contributed by atoms with Crippen molar-refractivity contribution in [2.45, 2.75) is 32.0 Å². The molecule has 1 aliphatic carbocycles. The Labute approximate surface area is 337 Å².